The molecule has 0 unspecified atom stereocenters. The molecule has 76 valence electrons. The van der Waals surface area contributed by atoms with Crippen LogP contribution in [0.25, 0.3) is 0 Å². The normalized spacial score (nSPS) is 16.5. The second-order valence-corrected chi connectivity index (χ2v) is 4.18. The lowest BCUT2D eigenvalue weighted by atomic mass is 9.98. The van der Waals surface area contributed by atoms with E-state index in [9.17, 15) is 4.79 Å². The van der Waals surface area contributed by atoms with Gasteiger partial charge in [-0.3, -0.25) is 5.32 Å². The maximum atomic E-state index is 11.5. The summed E-state index contributed by atoms with van der Waals surface area (Å²) in [4.78, 5) is 13.3. The van der Waals surface area contributed by atoms with Gasteiger partial charge in [-0.15, -0.1) is 5.10 Å². The van der Waals surface area contributed by atoms with Crippen molar-refractivity contribution in [2.75, 3.05) is 18.4 Å². The maximum absolute atomic E-state index is 11.5. The number of nitrogens with one attached hydrogen (secondary N) is 1. The average molecular weight is 212 g/mol. The average Bonchev–Trinajstić information content (AvgIpc) is 2.54. The van der Waals surface area contributed by atoms with Crippen LogP contribution in [0.5, 0.6) is 0 Å². The molecule has 2 heterocycles. The van der Waals surface area contributed by atoms with Crippen molar-refractivity contribution in [2.45, 2.75) is 13.3 Å². The van der Waals surface area contributed by atoms with Crippen LogP contribution in [0.15, 0.2) is 6.20 Å². The molecular weight excluding hydrogens is 200 g/mol. The minimum absolute atomic E-state index is 0.0410. The Bertz CT molecular complexity index is 307. The van der Waals surface area contributed by atoms with E-state index in [2.05, 4.69) is 21.8 Å². The van der Waals surface area contributed by atoms with Crippen molar-refractivity contribution < 1.29 is 4.79 Å². The molecule has 14 heavy (non-hydrogen) atoms. The zero-order chi connectivity index (χ0) is 9.97. The van der Waals surface area contributed by atoms with Crippen molar-refractivity contribution in [3.63, 3.8) is 0 Å². The van der Waals surface area contributed by atoms with Gasteiger partial charge >= 0.3 is 6.03 Å². The van der Waals surface area contributed by atoms with Crippen LogP contribution in [0.1, 0.15) is 13.3 Å². The summed E-state index contributed by atoms with van der Waals surface area (Å²) in [5.41, 5.74) is 0. The van der Waals surface area contributed by atoms with E-state index in [0.29, 0.717) is 10.9 Å². The van der Waals surface area contributed by atoms with Crippen LogP contribution in [-0.4, -0.2) is 33.6 Å². The summed E-state index contributed by atoms with van der Waals surface area (Å²) in [6.07, 6.45) is 2.70. The van der Waals surface area contributed by atoms with Crippen LogP contribution in [0, 0.1) is 5.92 Å². The quantitative estimate of drug-likeness (QED) is 0.806. The molecule has 0 spiro atoms. The van der Waals surface area contributed by atoms with Crippen LogP contribution >= 0.6 is 11.5 Å². The Morgan fingerprint density at radius 2 is 2.57 bits per heavy atom. The Hall–Kier alpha value is -1.17. The first-order valence-electron chi connectivity index (χ1n) is 4.63. The third-order valence-corrected chi connectivity index (χ3v) is 2.99. The van der Waals surface area contributed by atoms with E-state index >= 15 is 0 Å². The molecule has 2 amide bonds. The van der Waals surface area contributed by atoms with Gasteiger partial charge in [-0.2, -0.15) is 0 Å². The van der Waals surface area contributed by atoms with E-state index in [1.54, 1.807) is 11.1 Å². The third kappa shape index (κ3) is 1.84. The SMILES string of the molecule is CCC1CN(C(=O)Nc2cnns2)C1. The third-order valence-electron chi connectivity index (χ3n) is 2.41. The van der Waals surface area contributed by atoms with Gasteiger partial charge in [0.2, 0.25) is 0 Å². The number of amides is 2. The number of likely N-dealkylation sites (tertiary alicyclic amines) is 1. The standard InChI is InChI=1S/C8H12N4OS/c1-2-6-4-12(5-6)8(13)10-7-3-9-11-14-7/h3,6H,2,4-5H2,1H3,(H,10,13). The van der Waals surface area contributed by atoms with E-state index in [-0.39, 0.29) is 6.03 Å². The molecule has 0 aliphatic carbocycles. The highest BCUT2D eigenvalue weighted by atomic mass is 32.1. The van der Waals surface area contributed by atoms with Crippen molar-refractivity contribution in [2.24, 2.45) is 5.92 Å². The first kappa shape index (κ1) is 9.39. The molecule has 0 bridgehead atoms. The Balaban J connectivity index is 1.80. The van der Waals surface area contributed by atoms with E-state index in [1.807, 2.05) is 0 Å². The number of aromatic nitrogens is 2. The topological polar surface area (TPSA) is 58.1 Å². The smallest absolute Gasteiger partial charge is 0.322 e. The Morgan fingerprint density at radius 1 is 1.79 bits per heavy atom. The summed E-state index contributed by atoms with van der Waals surface area (Å²) in [6, 6.07) is -0.0410. The molecule has 2 rings (SSSR count). The minimum Gasteiger partial charge on any atom is -0.324 e. The highest BCUT2D eigenvalue weighted by Gasteiger charge is 2.29. The van der Waals surface area contributed by atoms with Gasteiger partial charge in [-0.25, -0.2) is 4.79 Å². The van der Waals surface area contributed by atoms with Gasteiger partial charge in [-0.1, -0.05) is 11.4 Å². The van der Waals surface area contributed by atoms with Gasteiger partial charge in [0.05, 0.1) is 6.20 Å². The fourth-order valence-electron chi connectivity index (χ4n) is 1.40. The summed E-state index contributed by atoms with van der Waals surface area (Å²) >= 11 is 1.19. The Labute approximate surface area is 86.3 Å². The van der Waals surface area contributed by atoms with Gasteiger partial charge in [0.25, 0.3) is 0 Å². The molecule has 1 aromatic rings. The predicted octanol–water partition coefficient (Wildman–Crippen LogP) is 1.41. The van der Waals surface area contributed by atoms with E-state index in [0.717, 1.165) is 19.5 Å². The molecule has 1 fully saturated rings. The monoisotopic (exact) mass is 212 g/mol. The molecule has 1 aliphatic heterocycles. The van der Waals surface area contributed by atoms with Gasteiger partial charge < -0.3 is 4.90 Å². The van der Waals surface area contributed by atoms with Crippen LogP contribution < -0.4 is 5.32 Å². The number of nitrogens with zero attached hydrogens (tertiary/aromatic N) is 3. The summed E-state index contributed by atoms with van der Waals surface area (Å²) < 4.78 is 3.67. The van der Waals surface area contributed by atoms with Crippen molar-refractivity contribution in [3.05, 3.63) is 6.20 Å². The van der Waals surface area contributed by atoms with E-state index in [1.165, 1.54) is 11.5 Å². The van der Waals surface area contributed by atoms with E-state index in [4.69, 9.17) is 0 Å². The number of carbonyl (C=O) groups excluding carboxylic acids is 1. The molecule has 0 aromatic carbocycles. The van der Waals surface area contributed by atoms with E-state index < -0.39 is 0 Å². The van der Waals surface area contributed by atoms with Gasteiger partial charge in [0, 0.05) is 24.6 Å². The first-order chi connectivity index (χ1) is 6.79. The number of hydrogen-bond donors (Lipinski definition) is 1. The zero-order valence-corrected chi connectivity index (χ0v) is 8.75. The van der Waals surface area contributed by atoms with Crippen LogP contribution in [0.4, 0.5) is 9.80 Å². The number of carbonyl (C=O) groups is 1. The molecule has 1 aliphatic rings. The van der Waals surface area contributed by atoms with Gasteiger partial charge in [0.15, 0.2) is 0 Å². The molecule has 6 heteroatoms. The fraction of sp³-hybridized carbons (Fsp3) is 0.625. The lowest BCUT2D eigenvalue weighted by Gasteiger charge is -2.38. The Morgan fingerprint density at radius 3 is 3.14 bits per heavy atom. The Kier molecular flexibility index (Phi) is 2.62. The number of hydrogen-bond acceptors (Lipinski definition) is 4. The minimum atomic E-state index is -0.0410. The largest absolute Gasteiger partial charge is 0.324 e. The molecule has 0 saturated carbocycles. The zero-order valence-electron chi connectivity index (χ0n) is 7.93. The molecule has 5 nitrogen and oxygen atoms in total. The fourth-order valence-corrected chi connectivity index (χ4v) is 1.81. The molecule has 1 aromatic heterocycles. The summed E-state index contributed by atoms with van der Waals surface area (Å²) in [7, 11) is 0. The number of rotatable bonds is 2. The highest BCUT2D eigenvalue weighted by molar-refractivity contribution is 7.10. The summed E-state index contributed by atoms with van der Waals surface area (Å²) in [6.45, 7) is 3.89. The first-order valence-corrected chi connectivity index (χ1v) is 5.40. The number of anilines is 1. The van der Waals surface area contributed by atoms with Gasteiger partial charge in [0.1, 0.15) is 5.00 Å². The molecule has 1 N–H and O–H groups in total. The van der Waals surface area contributed by atoms with Crippen molar-refractivity contribution in [3.8, 4) is 0 Å². The number of urea groups is 1. The molecular formula is C8H12N4OS. The van der Waals surface area contributed by atoms with Crippen LogP contribution in [0.2, 0.25) is 0 Å². The second kappa shape index (κ2) is 3.91. The van der Waals surface area contributed by atoms with Gasteiger partial charge in [-0.05, 0) is 12.3 Å². The lowest BCUT2D eigenvalue weighted by molar-refractivity contribution is 0.129. The van der Waals surface area contributed by atoms with Crippen molar-refractivity contribution in [1.29, 1.82) is 0 Å². The van der Waals surface area contributed by atoms with Crippen LogP contribution in [0.3, 0.4) is 0 Å². The molecule has 1 saturated heterocycles. The summed E-state index contributed by atoms with van der Waals surface area (Å²) in [5, 5.41) is 7.10. The lowest BCUT2D eigenvalue weighted by Crippen LogP contribution is -2.51. The molecule has 0 radical (unpaired) electrons. The predicted molar refractivity (Wildman–Crippen MR) is 54.3 cm³/mol. The highest BCUT2D eigenvalue weighted by Crippen LogP contribution is 2.20. The van der Waals surface area contributed by atoms with Crippen molar-refractivity contribution >= 4 is 22.6 Å². The maximum Gasteiger partial charge on any atom is 0.322 e. The second-order valence-electron chi connectivity index (χ2n) is 3.39. The van der Waals surface area contributed by atoms with Crippen LogP contribution in [-0.2, 0) is 0 Å². The van der Waals surface area contributed by atoms with Crippen molar-refractivity contribution in [1.82, 2.24) is 14.5 Å². The summed E-state index contributed by atoms with van der Waals surface area (Å²) in [5.74, 6) is 0.681. The molecule has 0 atom stereocenters.